The molecule has 2 aliphatic heterocycles. The summed E-state index contributed by atoms with van der Waals surface area (Å²) in [5.41, 5.74) is 0.354. The first-order valence-electron chi connectivity index (χ1n) is 7.87. The van der Waals surface area contributed by atoms with E-state index in [-0.39, 0.29) is 0 Å². The van der Waals surface area contributed by atoms with Gasteiger partial charge in [-0.2, -0.15) is 0 Å². The minimum Gasteiger partial charge on any atom is -0.310 e. The lowest BCUT2D eigenvalue weighted by Crippen LogP contribution is -2.53. The third-order valence-corrected chi connectivity index (χ3v) is 5.27. The number of rotatable bonds is 2. The molecule has 0 bridgehead atoms. The number of nitrogens with one attached hydrogen (secondary N) is 1. The zero-order valence-corrected chi connectivity index (χ0v) is 12.1. The van der Waals surface area contributed by atoms with Crippen LogP contribution >= 0.6 is 0 Å². The van der Waals surface area contributed by atoms with Crippen molar-refractivity contribution in [2.24, 2.45) is 0 Å². The summed E-state index contributed by atoms with van der Waals surface area (Å²) in [5, 5.41) is 3.65. The summed E-state index contributed by atoms with van der Waals surface area (Å²) < 4.78 is 0. The van der Waals surface area contributed by atoms with Gasteiger partial charge in [-0.05, 0) is 33.1 Å². The lowest BCUT2D eigenvalue weighted by molar-refractivity contribution is 0.0739. The minimum absolute atomic E-state index is 0.354. The maximum absolute atomic E-state index is 3.65. The van der Waals surface area contributed by atoms with Crippen LogP contribution in [0.3, 0.4) is 0 Å². The summed E-state index contributed by atoms with van der Waals surface area (Å²) in [4.78, 5) is 5.49. The Bertz CT molecular complexity index is 275. The highest BCUT2D eigenvalue weighted by molar-refractivity contribution is 4.96. The first-order chi connectivity index (χ1) is 8.64. The van der Waals surface area contributed by atoms with Crippen LogP contribution in [-0.2, 0) is 0 Å². The highest BCUT2D eigenvalue weighted by atomic mass is 15.3. The summed E-state index contributed by atoms with van der Waals surface area (Å²) in [5.74, 6) is 0. The molecule has 1 N–H and O–H groups in total. The molecule has 1 aliphatic carbocycles. The minimum atomic E-state index is 0.354. The van der Waals surface area contributed by atoms with Crippen LogP contribution in [0.1, 0.15) is 46.0 Å². The first-order valence-corrected chi connectivity index (χ1v) is 7.87. The van der Waals surface area contributed by atoms with Gasteiger partial charge in [0.05, 0.1) is 0 Å². The van der Waals surface area contributed by atoms with Crippen molar-refractivity contribution in [3.8, 4) is 0 Å². The Morgan fingerprint density at radius 3 is 1.94 bits per heavy atom. The predicted octanol–water partition coefficient (Wildman–Crippen LogP) is 1.69. The van der Waals surface area contributed by atoms with E-state index < -0.39 is 0 Å². The fourth-order valence-corrected chi connectivity index (χ4v) is 4.12. The van der Waals surface area contributed by atoms with E-state index in [0.29, 0.717) is 5.54 Å². The van der Waals surface area contributed by atoms with Crippen LogP contribution in [0.2, 0.25) is 0 Å². The molecule has 0 aromatic rings. The second-order valence-electron chi connectivity index (χ2n) is 7.13. The molecule has 3 aliphatic rings. The molecule has 3 fully saturated rings. The maximum Gasteiger partial charge on any atom is 0.0239 e. The van der Waals surface area contributed by atoms with Gasteiger partial charge in [-0.25, -0.2) is 0 Å². The van der Waals surface area contributed by atoms with Gasteiger partial charge in [-0.1, -0.05) is 12.8 Å². The van der Waals surface area contributed by atoms with Crippen molar-refractivity contribution in [3.05, 3.63) is 0 Å². The Morgan fingerprint density at radius 1 is 0.889 bits per heavy atom. The van der Waals surface area contributed by atoms with Gasteiger partial charge in [0.2, 0.25) is 0 Å². The highest BCUT2D eigenvalue weighted by Gasteiger charge is 2.35. The largest absolute Gasteiger partial charge is 0.310 e. The van der Waals surface area contributed by atoms with Crippen molar-refractivity contribution < 1.29 is 0 Å². The van der Waals surface area contributed by atoms with Gasteiger partial charge in [0.15, 0.2) is 0 Å². The van der Waals surface area contributed by atoms with E-state index in [2.05, 4.69) is 29.0 Å². The van der Waals surface area contributed by atoms with E-state index in [0.717, 1.165) is 12.1 Å². The topological polar surface area (TPSA) is 18.5 Å². The standard InChI is InChI=1S/C15H29N3/c1-15(2)11-14(12-16-15)18-9-7-17(8-10-18)13-5-3-4-6-13/h13-14,16H,3-12H2,1-2H3. The fraction of sp³-hybridized carbons (Fsp3) is 1.00. The van der Waals surface area contributed by atoms with Crippen molar-refractivity contribution in [1.29, 1.82) is 0 Å². The van der Waals surface area contributed by atoms with Gasteiger partial charge < -0.3 is 5.32 Å². The van der Waals surface area contributed by atoms with Crippen LogP contribution in [-0.4, -0.2) is 60.1 Å². The molecule has 104 valence electrons. The van der Waals surface area contributed by atoms with Gasteiger partial charge in [-0.15, -0.1) is 0 Å². The van der Waals surface area contributed by atoms with Crippen LogP contribution in [0.5, 0.6) is 0 Å². The molecular weight excluding hydrogens is 222 g/mol. The molecule has 0 aromatic heterocycles. The summed E-state index contributed by atoms with van der Waals surface area (Å²) in [6.07, 6.45) is 7.16. The molecule has 18 heavy (non-hydrogen) atoms. The van der Waals surface area contributed by atoms with Gasteiger partial charge in [0.1, 0.15) is 0 Å². The van der Waals surface area contributed by atoms with E-state index in [4.69, 9.17) is 0 Å². The average Bonchev–Trinajstić information content (AvgIpc) is 2.98. The van der Waals surface area contributed by atoms with E-state index in [9.17, 15) is 0 Å². The number of hydrogen-bond donors (Lipinski definition) is 1. The second kappa shape index (κ2) is 5.10. The third-order valence-electron chi connectivity index (χ3n) is 5.27. The molecule has 1 atom stereocenters. The molecule has 0 spiro atoms. The molecule has 0 radical (unpaired) electrons. The Morgan fingerprint density at radius 2 is 1.44 bits per heavy atom. The summed E-state index contributed by atoms with van der Waals surface area (Å²) in [6.45, 7) is 11.1. The van der Waals surface area contributed by atoms with E-state index in [1.807, 2.05) is 0 Å². The lowest BCUT2D eigenvalue weighted by Gasteiger charge is -2.40. The van der Waals surface area contributed by atoms with E-state index in [1.165, 1.54) is 64.8 Å². The Balaban J connectivity index is 1.48. The molecule has 1 saturated carbocycles. The van der Waals surface area contributed by atoms with Gasteiger partial charge in [0.25, 0.3) is 0 Å². The first kappa shape index (κ1) is 12.9. The monoisotopic (exact) mass is 251 g/mol. The SMILES string of the molecule is CC1(C)CC(N2CCN(C3CCCC3)CC2)CN1. The molecule has 0 amide bonds. The van der Waals surface area contributed by atoms with Crippen LogP contribution < -0.4 is 5.32 Å². The molecular formula is C15H29N3. The van der Waals surface area contributed by atoms with Gasteiger partial charge >= 0.3 is 0 Å². The van der Waals surface area contributed by atoms with Crippen LogP contribution in [0.25, 0.3) is 0 Å². The number of nitrogens with zero attached hydrogens (tertiary/aromatic N) is 2. The maximum atomic E-state index is 3.65. The van der Waals surface area contributed by atoms with Crippen LogP contribution in [0, 0.1) is 0 Å². The number of hydrogen-bond acceptors (Lipinski definition) is 3. The molecule has 2 heterocycles. The second-order valence-corrected chi connectivity index (χ2v) is 7.13. The zero-order valence-electron chi connectivity index (χ0n) is 12.1. The summed E-state index contributed by atoms with van der Waals surface area (Å²) >= 11 is 0. The quantitative estimate of drug-likeness (QED) is 0.806. The Kier molecular flexibility index (Phi) is 3.65. The predicted molar refractivity (Wildman–Crippen MR) is 75.9 cm³/mol. The molecule has 3 heteroatoms. The lowest BCUT2D eigenvalue weighted by atomic mass is 10.00. The van der Waals surface area contributed by atoms with Gasteiger partial charge in [0, 0.05) is 50.3 Å². The summed E-state index contributed by atoms with van der Waals surface area (Å²) in [6, 6.07) is 1.70. The molecule has 0 aromatic carbocycles. The zero-order chi connectivity index (χ0) is 12.6. The third kappa shape index (κ3) is 2.73. The fourth-order valence-electron chi connectivity index (χ4n) is 4.12. The smallest absolute Gasteiger partial charge is 0.0239 e. The normalized spacial score (nSPS) is 35.3. The van der Waals surface area contributed by atoms with Crippen molar-refractivity contribution >= 4 is 0 Å². The highest BCUT2D eigenvalue weighted by Crippen LogP contribution is 2.27. The van der Waals surface area contributed by atoms with Crippen molar-refractivity contribution in [3.63, 3.8) is 0 Å². The molecule has 1 unspecified atom stereocenters. The van der Waals surface area contributed by atoms with Gasteiger partial charge in [-0.3, -0.25) is 9.80 Å². The van der Waals surface area contributed by atoms with Crippen LogP contribution in [0.15, 0.2) is 0 Å². The van der Waals surface area contributed by atoms with Crippen molar-refractivity contribution in [2.45, 2.75) is 63.6 Å². The molecule has 2 saturated heterocycles. The Hall–Kier alpha value is -0.120. The van der Waals surface area contributed by atoms with Crippen LogP contribution in [0.4, 0.5) is 0 Å². The number of piperazine rings is 1. The van der Waals surface area contributed by atoms with Crippen molar-refractivity contribution in [1.82, 2.24) is 15.1 Å². The Labute approximate surface area is 112 Å². The van der Waals surface area contributed by atoms with E-state index in [1.54, 1.807) is 0 Å². The average molecular weight is 251 g/mol. The molecule has 3 nitrogen and oxygen atoms in total. The summed E-state index contributed by atoms with van der Waals surface area (Å²) in [7, 11) is 0. The molecule has 3 rings (SSSR count). The van der Waals surface area contributed by atoms with E-state index >= 15 is 0 Å². The van der Waals surface area contributed by atoms with Crippen molar-refractivity contribution in [2.75, 3.05) is 32.7 Å².